The van der Waals surface area contributed by atoms with Crippen LogP contribution >= 0.6 is 11.6 Å². The minimum Gasteiger partial charge on any atom is -0.383 e. The lowest BCUT2D eigenvalue weighted by Crippen LogP contribution is -2.44. The minimum atomic E-state index is -0.507. The normalized spacial score (nSPS) is 11.9. The highest BCUT2D eigenvalue weighted by Crippen LogP contribution is 2.20. The number of methoxy groups -OCH3 is 1. The van der Waals surface area contributed by atoms with Gasteiger partial charge in [0.15, 0.2) is 0 Å². The Bertz CT molecular complexity index is 245. The molecule has 0 aliphatic rings. The molecule has 0 heterocycles. The third-order valence-corrected chi connectivity index (χ3v) is 3.47. The second kappa shape index (κ2) is 8.73. The van der Waals surface area contributed by atoms with Crippen molar-refractivity contribution in [3.8, 4) is 0 Å². The molecule has 18 heavy (non-hydrogen) atoms. The lowest BCUT2D eigenvalue weighted by atomic mass is 9.94. The summed E-state index contributed by atoms with van der Waals surface area (Å²) in [6, 6.07) is 0. The van der Waals surface area contributed by atoms with Crippen LogP contribution in [0.25, 0.3) is 0 Å². The van der Waals surface area contributed by atoms with Crippen LogP contribution in [0.2, 0.25) is 0 Å². The molecule has 4 nitrogen and oxygen atoms in total. The van der Waals surface area contributed by atoms with Gasteiger partial charge in [0.05, 0.1) is 12.0 Å². The molecular formula is C13H27ClN2O2. The van der Waals surface area contributed by atoms with Gasteiger partial charge in [-0.05, 0) is 40.9 Å². The van der Waals surface area contributed by atoms with Crippen molar-refractivity contribution in [2.75, 3.05) is 53.3 Å². The Labute approximate surface area is 116 Å². The molecule has 0 rings (SSSR count). The van der Waals surface area contributed by atoms with Gasteiger partial charge in [-0.25, -0.2) is 0 Å². The molecule has 0 aromatic carbocycles. The van der Waals surface area contributed by atoms with E-state index in [1.165, 1.54) is 0 Å². The number of hydrogen-bond acceptors (Lipinski definition) is 3. The molecule has 0 unspecified atom stereocenters. The van der Waals surface area contributed by atoms with Crippen LogP contribution in [0.5, 0.6) is 0 Å². The fourth-order valence-electron chi connectivity index (χ4n) is 1.58. The van der Waals surface area contributed by atoms with Crippen molar-refractivity contribution in [2.24, 2.45) is 5.41 Å². The van der Waals surface area contributed by atoms with Gasteiger partial charge in [-0.3, -0.25) is 4.79 Å². The molecular weight excluding hydrogens is 252 g/mol. The molecule has 0 aromatic rings. The number of hydrogen-bond donors (Lipinski definition) is 0. The highest BCUT2D eigenvalue weighted by Gasteiger charge is 2.30. The van der Waals surface area contributed by atoms with Gasteiger partial charge in [-0.2, -0.15) is 0 Å². The average Bonchev–Trinajstić information content (AvgIpc) is 2.32. The average molecular weight is 279 g/mol. The number of carbonyl (C=O) groups excluding carboxylic acids is 1. The molecule has 0 bridgehead atoms. The van der Waals surface area contributed by atoms with E-state index in [1.807, 2.05) is 32.8 Å². The van der Waals surface area contributed by atoms with Crippen molar-refractivity contribution in [2.45, 2.75) is 20.3 Å². The monoisotopic (exact) mass is 278 g/mol. The SMILES string of the molecule is COCCN(CCCN(C)C)C(=O)C(C)(C)CCl. The van der Waals surface area contributed by atoms with Crippen LogP contribution < -0.4 is 0 Å². The largest absolute Gasteiger partial charge is 0.383 e. The second-order valence-corrected chi connectivity index (χ2v) is 5.73. The van der Waals surface area contributed by atoms with E-state index in [1.54, 1.807) is 7.11 Å². The van der Waals surface area contributed by atoms with Gasteiger partial charge in [-0.15, -0.1) is 11.6 Å². The van der Waals surface area contributed by atoms with Crippen LogP contribution in [-0.4, -0.2) is 69.0 Å². The van der Waals surface area contributed by atoms with Crippen LogP contribution in [0, 0.1) is 5.41 Å². The highest BCUT2D eigenvalue weighted by molar-refractivity contribution is 6.19. The summed E-state index contributed by atoms with van der Waals surface area (Å²) in [5.41, 5.74) is -0.507. The van der Waals surface area contributed by atoms with E-state index in [0.717, 1.165) is 19.5 Å². The molecule has 0 radical (unpaired) electrons. The van der Waals surface area contributed by atoms with E-state index in [2.05, 4.69) is 4.90 Å². The fraction of sp³-hybridized carbons (Fsp3) is 0.923. The molecule has 0 saturated carbocycles. The van der Waals surface area contributed by atoms with Crippen LogP contribution in [0.15, 0.2) is 0 Å². The minimum absolute atomic E-state index is 0.105. The first-order valence-corrected chi connectivity index (χ1v) is 6.87. The summed E-state index contributed by atoms with van der Waals surface area (Å²) in [6.45, 7) is 6.68. The van der Waals surface area contributed by atoms with Crippen LogP contribution in [-0.2, 0) is 9.53 Å². The zero-order chi connectivity index (χ0) is 14.2. The van der Waals surface area contributed by atoms with Crippen molar-refractivity contribution in [3.63, 3.8) is 0 Å². The molecule has 0 aromatic heterocycles. The smallest absolute Gasteiger partial charge is 0.229 e. The molecule has 0 aliphatic heterocycles. The first-order valence-electron chi connectivity index (χ1n) is 6.34. The summed E-state index contributed by atoms with van der Waals surface area (Å²) in [5.74, 6) is 0.441. The Morgan fingerprint density at radius 1 is 1.22 bits per heavy atom. The topological polar surface area (TPSA) is 32.8 Å². The predicted molar refractivity (Wildman–Crippen MR) is 76.1 cm³/mol. The molecule has 0 spiro atoms. The molecule has 108 valence electrons. The molecule has 1 amide bonds. The Balaban J connectivity index is 4.42. The number of rotatable bonds is 9. The van der Waals surface area contributed by atoms with Crippen molar-refractivity contribution < 1.29 is 9.53 Å². The Morgan fingerprint density at radius 2 is 1.83 bits per heavy atom. The molecule has 0 fully saturated rings. The first kappa shape index (κ1) is 17.7. The van der Waals surface area contributed by atoms with E-state index >= 15 is 0 Å². The zero-order valence-electron chi connectivity index (χ0n) is 12.3. The van der Waals surface area contributed by atoms with E-state index in [9.17, 15) is 4.79 Å². The van der Waals surface area contributed by atoms with E-state index in [0.29, 0.717) is 19.0 Å². The molecule has 0 N–H and O–H groups in total. The van der Waals surface area contributed by atoms with Gasteiger partial charge >= 0.3 is 0 Å². The predicted octanol–water partition coefficient (Wildman–Crippen LogP) is 1.68. The Morgan fingerprint density at radius 3 is 2.28 bits per heavy atom. The summed E-state index contributed by atoms with van der Waals surface area (Å²) in [7, 11) is 5.71. The Hall–Kier alpha value is -0.320. The number of carbonyl (C=O) groups is 1. The highest BCUT2D eigenvalue weighted by atomic mass is 35.5. The molecule has 0 saturated heterocycles. The van der Waals surface area contributed by atoms with Gasteiger partial charge in [0.2, 0.25) is 5.91 Å². The van der Waals surface area contributed by atoms with Gasteiger partial charge < -0.3 is 14.5 Å². The van der Waals surface area contributed by atoms with Crippen molar-refractivity contribution in [1.82, 2.24) is 9.80 Å². The number of ether oxygens (including phenoxy) is 1. The second-order valence-electron chi connectivity index (χ2n) is 5.46. The summed E-state index contributed by atoms with van der Waals surface area (Å²) in [5, 5.41) is 0. The fourth-order valence-corrected chi connectivity index (χ4v) is 1.69. The number of amides is 1. The van der Waals surface area contributed by atoms with Gasteiger partial charge in [0.25, 0.3) is 0 Å². The van der Waals surface area contributed by atoms with Crippen LogP contribution in [0.3, 0.4) is 0 Å². The van der Waals surface area contributed by atoms with E-state index in [-0.39, 0.29) is 5.91 Å². The number of alkyl halides is 1. The third kappa shape index (κ3) is 6.57. The third-order valence-electron chi connectivity index (χ3n) is 2.80. The summed E-state index contributed by atoms with van der Waals surface area (Å²) in [6.07, 6.45) is 0.959. The Kier molecular flexibility index (Phi) is 8.57. The van der Waals surface area contributed by atoms with Crippen LogP contribution in [0.4, 0.5) is 0 Å². The van der Waals surface area contributed by atoms with Crippen molar-refractivity contribution in [3.05, 3.63) is 0 Å². The summed E-state index contributed by atoms with van der Waals surface area (Å²) >= 11 is 5.86. The maximum absolute atomic E-state index is 12.3. The summed E-state index contributed by atoms with van der Waals surface area (Å²) < 4.78 is 5.06. The van der Waals surface area contributed by atoms with E-state index in [4.69, 9.17) is 16.3 Å². The van der Waals surface area contributed by atoms with Crippen molar-refractivity contribution in [1.29, 1.82) is 0 Å². The standard InChI is InChI=1S/C13H27ClN2O2/c1-13(2,11-14)12(17)16(9-10-18-5)8-6-7-15(3)4/h6-11H2,1-5H3. The quantitative estimate of drug-likeness (QED) is 0.602. The maximum atomic E-state index is 12.3. The molecule has 0 aliphatic carbocycles. The zero-order valence-corrected chi connectivity index (χ0v) is 13.1. The summed E-state index contributed by atoms with van der Waals surface area (Å²) in [4.78, 5) is 16.3. The van der Waals surface area contributed by atoms with Gasteiger partial charge in [0.1, 0.15) is 0 Å². The first-order chi connectivity index (χ1) is 8.35. The van der Waals surface area contributed by atoms with Crippen LogP contribution in [0.1, 0.15) is 20.3 Å². The van der Waals surface area contributed by atoms with E-state index < -0.39 is 5.41 Å². The molecule has 0 atom stereocenters. The lowest BCUT2D eigenvalue weighted by Gasteiger charge is -2.31. The number of nitrogens with zero attached hydrogens (tertiary/aromatic N) is 2. The van der Waals surface area contributed by atoms with Gasteiger partial charge in [-0.1, -0.05) is 0 Å². The van der Waals surface area contributed by atoms with Crippen molar-refractivity contribution >= 4 is 17.5 Å². The maximum Gasteiger partial charge on any atom is 0.229 e. The molecule has 5 heteroatoms. The lowest BCUT2D eigenvalue weighted by molar-refractivity contribution is -0.140. The number of halogens is 1. The van der Waals surface area contributed by atoms with Gasteiger partial charge in [0, 0.05) is 26.1 Å².